The molecule has 2 aromatic rings. The molecule has 2 rings (SSSR count). The molecule has 0 radical (unpaired) electrons. The highest BCUT2D eigenvalue weighted by Gasteiger charge is 2.21. The zero-order valence-electron chi connectivity index (χ0n) is 13.2. The molecule has 0 aliphatic carbocycles. The van der Waals surface area contributed by atoms with Crippen LogP contribution in [-0.2, 0) is 13.0 Å². The van der Waals surface area contributed by atoms with E-state index in [4.69, 9.17) is 22.9 Å². The first-order valence-electron chi connectivity index (χ1n) is 7.70. The summed E-state index contributed by atoms with van der Waals surface area (Å²) in [5.74, 6) is 1.19. The van der Waals surface area contributed by atoms with Crippen molar-refractivity contribution in [2.45, 2.75) is 53.0 Å². The van der Waals surface area contributed by atoms with Gasteiger partial charge in [-0.3, -0.25) is 0 Å². The number of nitrogens with two attached hydrogens (primary N) is 1. The number of rotatable bonds is 7. The van der Waals surface area contributed by atoms with Crippen LogP contribution in [0.4, 0.5) is 0 Å². The van der Waals surface area contributed by atoms with E-state index >= 15 is 0 Å². The van der Waals surface area contributed by atoms with Gasteiger partial charge >= 0.3 is 0 Å². The first kappa shape index (κ1) is 16.0. The maximum atomic E-state index is 5.81. The van der Waals surface area contributed by atoms with Crippen LogP contribution < -0.4 is 5.73 Å². The van der Waals surface area contributed by atoms with Gasteiger partial charge < -0.3 is 10.3 Å². The number of para-hydroxylation sites is 2. The Balaban J connectivity index is 2.17. The lowest BCUT2D eigenvalue weighted by atomic mass is 9.88. The summed E-state index contributed by atoms with van der Waals surface area (Å²) >= 11 is 5.15. The fourth-order valence-electron chi connectivity index (χ4n) is 2.59. The monoisotopic (exact) mass is 303 g/mol. The first-order valence-corrected chi connectivity index (χ1v) is 8.10. The third-order valence-corrected chi connectivity index (χ3v) is 4.61. The van der Waals surface area contributed by atoms with E-state index < -0.39 is 0 Å². The standard InChI is InChI=1S/C17H25N3S/c1-4-8-15-19-13-9-5-6-10-14(13)20(15)12-7-11-17(2,3)16(18)21/h5-6,9-10H,4,7-8,11-12H2,1-3H3,(H2,18,21). The van der Waals surface area contributed by atoms with Gasteiger partial charge in [-0.2, -0.15) is 0 Å². The molecule has 2 N–H and O–H groups in total. The highest BCUT2D eigenvalue weighted by Crippen LogP contribution is 2.24. The van der Waals surface area contributed by atoms with Gasteiger partial charge in [-0.05, 0) is 31.4 Å². The van der Waals surface area contributed by atoms with Gasteiger partial charge in [-0.25, -0.2) is 4.98 Å². The summed E-state index contributed by atoms with van der Waals surface area (Å²) in [6.45, 7) is 7.41. The minimum absolute atomic E-state index is 0.0728. The van der Waals surface area contributed by atoms with Crippen LogP contribution in [0.15, 0.2) is 24.3 Å². The molecule has 0 fully saturated rings. The molecule has 21 heavy (non-hydrogen) atoms. The molecule has 3 nitrogen and oxygen atoms in total. The smallest absolute Gasteiger partial charge is 0.109 e. The molecule has 0 aliphatic rings. The van der Waals surface area contributed by atoms with Gasteiger partial charge in [0.25, 0.3) is 0 Å². The molecule has 0 atom stereocenters. The maximum absolute atomic E-state index is 5.81. The fourth-order valence-corrected chi connectivity index (χ4v) is 2.69. The van der Waals surface area contributed by atoms with Crippen molar-refractivity contribution >= 4 is 28.2 Å². The van der Waals surface area contributed by atoms with Crippen LogP contribution in [0.2, 0.25) is 0 Å². The van der Waals surface area contributed by atoms with Crippen molar-refractivity contribution in [1.82, 2.24) is 9.55 Å². The summed E-state index contributed by atoms with van der Waals surface area (Å²) in [4.78, 5) is 5.37. The topological polar surface area (TPSA) is 43.8 Å². The zero-order valence-corrected chi connectivity index (χ0v) is 14.0. The Morgan fingerprint density at radius 2 is 2.05 bits per heavy atom. The van der Waals surface area contributed by atoms with E-state index in [1.807, 2.05) is 6.07 Å². The Hall–Kier alpha value is -1.42. The van der Waals surface area contributed by atoms with Gasteiger partial charge in [0, 0.05) is 18.4 Å². The van der Waals surface area contributed by atoms with Crippen molar-refractivity contribution in [3.05, 3.63) is 30.1 Å². The maximum Gasteiger partial charge on any atom is 0.109 e. The highest BCUT2D eigenvalue weighted by atomic mass is 32.1. The van der Waals surface area contributed by atoms with Crippen LogP contribution in [0.1, 0.15) is 45.9 Å². The Bertz CT molecular complexity index is 628. The average Bonchev–Trinajstić information content (AvgIpc) is 2.77. The lowest BCUT2D eigenvalue weighted by Gasteiger charge is -2.23. The third-order valence-electron chi connectivity index (χ3n) is 4.06. The average molecular weight is 303 g/mol. The van der Waals surface area contributed by atoms with Crippen LogP contribution >= 0.6 is 12.2 Å². The normalized spacial score (nSPS) is 12.0. The Morgan fingerprint density at radius 1 is 1.33 bits per heavy atom. The molecule has 114 valence electrons. The first-order chi connectivity index (χ1) is 9.95. The molecular weight excluding hydrogens is 278 g/mol. The third kappa shape index (κ3) is 3.62. The Labute approximate surface area is 132 Å². The molecule has 0 saturated heterocycles. The van der Waals surface area contributed by atoms with Crippen molar-refractivity contribution in [2.24, 2.45) is 11.1 Å². The minimum atomic E-state index is -0.0728. The summed E-state index contributed by atoms with van der Waals surface area (Å²) in [7, 11) is 0. The van der Waals surface area contributed by atoms with E-state index in [1.165, 1.54) is 11.3 Å². The summed E-state index contributed by atoms with van der Waals surface area (Å²) < 4.78 is 2.36. The number of nitrogens with zero attached hydrogens (tertiary/aromatic N) is 2. The van der Waals surface area contributed by atoms with E-state index in [-0.39, 0.29) is 5.41 Å². The molecule has 1 heterocycles. The molecule has 0 bridgehead atoms. The van der Waals surface area contributed by atoms with Crippen LogP contribution in [0.25, 0.3) is 11.0 Å². The van der Waals surface area contributed by atoms with Crippen molar-refractivity contribution < 1.29 is 0 Å². The number of benzene rings is 1. The second-order valence-corrected chi connectivity index (χ2v) is 6.71. The van der Waals surface area contributed by atoms with Crippen molar-refractivity contribution in [1.29, 1.82) is 0 Å². The highest BCUT2D eigenvalue weighted by molar-refractivity contribution is 7.80. The number of hydrogen-bond acceptors (Lipinski definition) is 2. The largest absolute Gasteiger partial charge is 0.393 e. The molecule has 0 amide bonds. The number of thiocarbonyl (C=S) groups is 1. The van der Waals surface area contributed by atoms with Gasteiger partial charge in [-0.15, -0.1) is 0 Å². The SMILES string of the molecule is CCCc1nc2ccccc2n1CCCC(C)(C)C(N)=S. The molecule has 0 unspecified atom stereocenters. The van der Waals surface area contributed by atoms with Crippen LogP contribution in [0, 0.1) is 5.41 Å². The van der Waals surface area contributed by atoms with Crippen LogP contribution in [-0.4, -0.2) is 14.5 Å². The number of hydrogen-bond donors (Lipinski definition) is 1. The fraction of sp³-hybridized carbons (Fsp3) is 0.529. The van der Waals surface area contributed by atoms with Crippen LogP contribution in [0.3, 0.4) is 0 Å². The van der Waals surface area contributed by atoms with Crippen LogP contribution in [0.5, 0.6) is 0 Å². The molecule has 1 aromatic heterocycles. The van der Waals surface area contributed by atoms with Gasteiger partial charge in [0.15, 0.2) is 0 Å². The Morgan fingerprint density at radius 3 is 2.71 bits per heavy atom. The number of imidazole rings is 1. The lowest BCUT2D eigenvalue weighted by molar-refractivity contribution is 0.435. The zero-order chi connectivity index (χ0) is 15.5. The summed E-state index contributed by atoms with van der Waals surface area (Å²) in [6, 6.07) is 8.37. The quantitative estimate of drug-likeness (QED) is 0.784. The minimum Gasteiger partial charge on any atom is -0.393 e. The molecular formula is C17H25N3S. The summed E-state index contributed by atoms with van der Waals surface area (Å²) in [6.07, 6.45) is 4.19. The summed E-state index contributed by atoms with van der Waals surface area (Å²) in [5, 5.41) is 0. The predicted octanol–water partition coefficient (Wildman–Crippen LogP) is 4.08. The lowest BCUT2D eigenvalue weighted by Crippen LogP contribution is -2.29. The van der Waals surface area contributed by atoms with Crippen molar-refractivity contribution in [3.63, 3.8) is 0 Å². The van der Waals surface area contributed by atoms with E-state index in [0.717, 1.165) is 37.7 Å². The number of aryl methyl sites for hydroxylation is 2. The Kier molecular flexibility index (Phi) is 4.99. The van der Waals surface area contributed by atoms with Crippen molar-refractivity contribution in [3.8, 4) is 0 Å². The molecule has 0 saturated carbocycles. The number of aromatic nitrogens is 2. The van der Waals surface area contributed by atoms with E-state index in [2.05, 4.69) is 43.5 Å². The van der Waals surface area contributed by atoms with E-state index in [1.54, 1.807) is 0 Å². The molecule has 0 spiro atoms. The second-order valence-electron chi connectivity index (χ2n) is 6.27. The second kappa shape index (κ2) is 6.56. The summed E-state index contributed by atoms with van der Waals surface area (Å²) in [5.41, 5.74) is 8.06. The van der Waals surface area contributed by atoms with Gasteiger partial charge in [0.05, 0.1) is 16.0 Å². The predicted molar refractivity (Wildman–Crippen MR) is 93.5 cm³/mol. The van der Waals surface area contributed by atoms with E-state index in [0.29, 0.717) is 4.99 Å². The van der Waals surface area contributed by atoms with Gasteiger partial charge in [-0.1, -0.05) is 45.1 Å². The number of fused-ring (bicyclic) bond motifs is 1. The van der Waals surface area contributed by atoms with Crippen molar-refractivity contribution in [2.75, 3.05) is 0 Å². The van der Waals surface area contributed by atoms with Gasteiger partial charge in [0.2, 0.25) is 0 Å². The van der Waals surface area contributed by atoms with Gasteiger partial charge in [0.1, 0.15) is 5.82 Å². The molecule has 1 aromatic carbocycles. The molecule has 0 aliphatic heterocycles. The van der Waals surface area contributed by atoms with E-state index in [9.17, 15) is 0 Å². The molecule has 4 heteroatoms.